The smallest absolute Gasteiger partial charge is 0.0294 e. The molecule has 0 aliphatic rings. The summed E-state index contributed by atoms with van der Waals surface area (Å²) in [6.07, 6.45) is 3.44. The van der Waals surface area contributed by atoms with Crippen LogP contribution in [-0.4, -0.2) is 0 Å². The molecule has 1 heteroatoms. The molecule has 0 radical (unpaired) electrons. The van der Waals surface area contributed by atoms with Gasteiger partial charge in [0.25, 0.3) is 0 Å². The lowest BCUT2D eigenvalue weighted by atomic mass is 9.96. The maximum atomic E-state index is 6.19. The SMILES string of the molecule is CC(C)CCC(N)c1ccc(CC(C)C)cc1. The summed E-state index contributed by atoms with van der Waals surface area (Å²) in [5, 5.41) is 0. The number of nitrogens with two attached hydrogens (primary N) is 1. The molecule has 0 aromatic heterocycles. The van der Waals surface area contributed by atoms with Crippen molar-refractivity contribution in [3.05, 3.63) is 35.4 Å². The van der Waals surface area contributed by atoms with E-state index >= 15 is 0 Å². The Labute approximate surface area is 106 Å². The molecule has 0 bridgehead atoms. The minimum atomic E-state index is 0.200. The molecular weight excluding hydrogens is 206 g/mol. The van der Waals surface area contributed by atoms with Gasteiger partial charge in [0.2, 0.25) is 0 Å². The molecule has 1 nitrogen and oxygen atoms in total. The van der Waals surface area contributed by atoms with Crippen molar-refractivity contribution in [2.45, 2.75) is 53.0 Å². The summed E-state index contributed by atoms with van der Waals surface area (Å²) in [6, 6.07) is 9.05. The lowest BCUT2D eigenvalue weighted by Crippen LogP contribution is -2.11. The molecule has 0 fully saturated rings. The molecule has 0 saturated carbocycles. The Hall–Kier alpha value is -0.820. The van der Waals surface area contributed by atoms with E-state index in [1.54, 1.807) is 0 Å². The molecule has 0 amide bonds. The van der Waals surface area contributed by atoms with E-state index in [0.29, 0.717) is 0 Å². The van der Waals surface area contributed by atoms with Crippen molar-refractivity contribution >= 4 is 0 Å². The molecule has 1 aromatic rings. The molecule has 0 aliphatic heterocycles. The summed E-state index contributed by atoms with van der Waals surface area (Å²) in [7, 11) is 0. The summed E-state index contributed by atoms with van der Waals surface area (Å²) in [5.74, 6) is 1.46. The van der Waals surface area contributed by atoms with Crippen molar-refractivity contribution in [2.75, 3.05) is 0 Å². The molecule has 17 heavy (non-hydrogen) atoms. The quantitative estimate of drug-likeness (QED) is 0.778. The summed E-state index contributed by atoms with van der Waals surface area (Å²) >= 11 is 0. The first kappa shape index (κ1) is 14.2. The fourth-order valence-electron chi connectivity index (χ4n) is 2.05. The Bertz CT molecular complexity index is 311. The van der Waals surface area contributed by atoms with E-state index < -0.39 is 0 Å². The lowest BCUT2D eigenvalue weighted by Gasteiger charge is -2.14. The highest BCUT2D eigenvalue weighted by Gasteiger charge is 2.07. The minimum Gasteiger partial charge on any atom is -0.324 e. The second-order valence-electron chi connectivity index (χ2n) is 5.92. The van der Waals surface area contributed by atoms with Gasteiger partial charge in [-0.2, -0.15) is 0 Å². The van der Waals surface area contributed by atoms with Gasteiger partial charge < -0.3 is 5.73 Å². The van der Waals surface area contributed by atoms with Gasteiger partial charge in [-0.25, -0.2) is 0 Å². The van der Waals surface area contributed by atoms with Gasteiger partial charge in [0.15, 0.2) is 0 Å². The van der Waals surface area contributed by atoms with Crippen LogP contribution < -0.4 is 5.73 Å². The number of hydrogen-bond acceptors (Lipinski definition) is 1. The third-order valence-corrected chi connectivity index (χ3v) is 3.11. The van der Waals surface area contributed by atoms with E-state index in [0.717, 1.165) is 24.7 Å². The van der Waals surface area contributed by atoms with Crippen molar-refractivity contribution in [3.63, 3.8) is 0 Å². The first-order chi connectivity index (χ1) is 7.99. The van der Waals surface area contributed by atoms with Gasteiger partial charge in [0.05, 0.1) is 0 Å². The van der Waals surface area contributed by atoms with Crippen LogP contribution in [0, 0.1) is 11.8 Å². The van der Waals surface area contributed by atoms with Gasteiger partial charge in [0.1, 0.15) is 0 Å². The largest absolute Gasteiger partial charge is 0.324 e. The van der Waals surface area contributed by atoms with Crippen LogP contribution in [0.2, 0.25) is 0 Å². The fraction of sp³-hybridized carbons (Fsp3) is 0.625. The Kier molecular flexibility index (Phi) is 5.70. The van der Waals surface area contributed by atoms with E-state index in [1.807, 2.05) is 0 Å². The third kappa shape index (κ3) is 5.36. The first-order valence-electron chi connectivity index (χ1n) is 6.83. The lowest BCUT2D eigenvalue weighted by molar-refractivity contribution is 0.507. The van der Waals surface area contributed by atoms with Crippen molar-refractivity contribution in [1.82, 2.24) is 0 Å². The standard InChI is InChI=1S/C16H27N/c1-12(2)5-10-16(17)15-8-6-14(7-9-15)11-13(3)4/h6-9,12-13,16H,5,10-11,17H2,1-4H3. The van der Waals surface area contributed by atoms with Crippen molar-refractivity contribution in [1.29, 1.82) is 0 Å². The number of rotatable bonds is 6. The van der Waals surface area contributed by atoms with Crippen LogP contribution in [-0.2, 0) is 6.42 Å². The van der Waals surface area contributed by atoms with Gasteiger partial charge in [-0.05, 0) is 42.2 Å². The van der Waals surface area contributed by atoms with Crippen molar-refractivity contribution < 1.29 is 0 Å². The predicted octanol–water partition coefficient (Wildman–Crippen LogP) is 4.32. The van der Waals surface area contributed by atoms with Crippen LogP contribution in [0.25, 0.3) is 0 Å². The molecule has 0 aliphatic carbocycles. The fourth-order valence-corrected chi connectivity index (χ4v) is 2.05. The normalized spacial score (nSPS) is 13.4. The van der Waals surface area contributed by atoms with Crippen LogP contribution in [0.15, 0.2) is 24.3 Å². The molecule has 0 heterocycles. The van der Waals surface area contributed by atoms with Crippen LogP contribution in [0.5, 0.6) is 0 Å². The Balaban J connectivity index is 2.54. The molecular formula is C16H27N. The van der Waals surface area contributed by atoms with E-state index in [1.165, 1.54) is 17.5 Å². The van der Waals surface area contributed by atoms with E-state index in [-0.39, 0.29) is 6.04 Å². The average Bonchev–Trinajstić information content (AvgIpc) is 2.26. The molecule has 2 N–H and O–H groups in total. The summed E-state index contributed by atoms with van der Waals surface area (Å²) in [5.41, 5.74) is 8.89. The summed E-state index contributed by atoms with van der Waals surface area (Å²) < 4.78 is 0. The van der Waals surface area contributed by atoms with Crippen molar-refractivity contribution in [3.8, 4) is 0 Å². The molecule has 1 aromatic carbocycles. The number of hydrogen-bond donors (Lipinski definition) is 1. The monoisotopic (exact) mass is 233 g/mol. The highest BCUT2D eigenvalue weighted by Crippen LogP contribution is 2.19. The van der Waals surface area contributed by atoms with Gasteiger partial charge in [-0.1, -0.05) is 52.0 Å². The van der Waals surface area contributed by atoms with Crippen LogP contribution in [0.4, 0.5) is 0 Å². The van der Waals surface area contributed by atoms with Crippen LogP contribution in [0.1, 0.15) is 57.7 Å². The Morgan fingerprint density at radius 1 is 0.882 bits per heavy atom. The molecule has 96 valence electrons. The zero-order valence-electron chi connectivity index (χ0n) is 11.7. The molecule has 1 rings (SSSR count). The minimum absolute atomic E-state index is 0.200. The maximum absolute atomic E-state index is 6.19. The zero-order valence-corrected chi connectivity index (χ0v) is 11.7. The third-order valence-electron chi connectivity index (χ3n) is 3.11. The molecule has 1 atom stereocenters. The highest BCUT2D eigenvalue weighted by atomic mass is 14.6. The summed E-state index contributed by atoms with van der Waals surface area (Å²) in [6.45, 7) is 9.00. The number of benzene rings is 1. The van der Waals surface area contributed by atoms with E-state index in [9.17, 15) is 0 Å². The van der Waals surface area contributed by atoms with Crippen LogP contribution in [0.3, 0.4) is 0 Å². The molecule has 0 saturated heterocycles. The van der Waals surface area contributed by atoms with Crippen LogP contribution >= 0.6 is 0 Å². The van der Waals surface area contributed by atoms with Gasteiger partial charge in [-0.15, -0.1) is 0 Å². The van der Waals surface area contributed by atoms with Gasteiger partial charge in [0, 0.05) is 6.04 Å². The summed E-state index contributed by atoms with van der Waals surface area (Å²) in [4.78, 5) is 0. The van der Waals surface area contributed by atoms with E-state index in [2.05, 4.69) is 52.0 Å². The zero-order chi connectivity index (χ0) is 12.8. The van der Waals surface area contributed by atoms with E-state index in [4.69, 9.17) is 5.73 Å². The maximum Gasteiger partial charge on any atom is 0.0294 e. The molecule has 1 unspecified atom stereocenters. The predicted molar refractivity (Wildman–Crippen MR) is 76.0 cm³/mol. The Morgan fingerprint density at radius 2 is 1.47 bits per heavy atom. The second kappa shape index (κ2) is 6.80. The molecule has 0 spiro atoms. The second-order valence-corrected chi connectivity index (χ2v) is 5.92. The van der Waals surface area contributed by atoms with Gasteiger partial charge >= 0.3 is 0 Å². The first-order valence-corrected chi connectivity index (χ1v) is 6.83. The Morgan fingerprint density at radius 3 is 1.94 bits per heavy atom. The topological polar surface area (TPSA) is 26.0 Å². The van der Waals surface area contributed by atoms with Gasteiger partial charge in [-0.3, -0.25) is 0 Å². The van der Waals surface area contributed by atoms with Crippen molar-refractivity contribution in [2.24, 2.45) is 17.6 Å². The highest BCUT2D eigenvalue weighted by molar-refractivity contribution is 5.25. The average molecular weight is 233 g/mol.